The van der Waals surface area contributed by atoms with Crippen LogP contribution in [0.25, 0.3) is 0 Å². The highest BCUT2D eigenvalue weighted by molar-refractivity contribution is 6.17. The van der Waals surface area contributed by atoms with Crippen molar-refractivity contribution in [3.8, 4) is 11.8 Å². The molecule has 0 fully saturated rings. The second-order valence-corrected chi connectivity index (χ2v) is 5.29. The SMILES string of the molecule is COc1ccc(Cn2cc(C#N)c(=O)n(CCCCl)c2=O)cc1. The van der Waals surface area contributed by atoms with Crippen LogP contribution in [0.4, 0.5) is 0 Å². The van der Waals surface area contributed by atoms with Crippen LogP contribution in [0.15, 0.2) is 40.1 Å². The Hall–Kier alpha value is -2.52. The smallest absolute Gasteiger partial charge is 0.331 e. The molecule has 7 heteroatoms. The van der Waals surface area contributed by atoms with Gasteiger partial charge in [-0.3, -0.25) is 13.9 Å². The molecule has 2 rings (SSSR count). The molecular weight excluding hydrogens is 318 g/mol. The van der Waals surface area contributed by atoms with Crippen LogP contribution < -0.4 is 16.0 Å². The molecule has 120 valence electrons. The third-order valence-corrected chi connectivity index (χ3v) is 3.65. The first-order chi connectivity index (χ1) is 11.1. The van der Waals surface area contributed by atoms with Gasteiger partial charge < -0.3 is 4.74 Å². The Bertz CT molecular complexity index is 832. The van der Waals surface area contributed by atoms with Crippen LogP contribution in [-0.2, 0) is 13.1 Å². The Morgan fingerprint density at radius 2 is 1.96 bits per heavy atom. The van der Waals surface area contributed by atoms with Gasteiger partial charge in [0.25, 0.3) is 5.56 Å². The normalized spacial score (nSPS) is 10.3. The molecule has 0 radical (unpaired) electrons. The van der Waals surface area contributed by atoms with Crippen LogP contribution in [0.5, 0.6) is 5.75 Å². The molecule has 0 aliphatic rings. The summed E-state index contributed by atoms with van der Waals surface area (Å²) in [7, 11) is 1.57. The van der Waals surface area contributed by atoms with Crippen molar-refractivity contribution in [2.24, 2.45) is 0 Å². The van der Waals surface area contributed by atoms with Crippen molar-refractivity contribution in [1.29, 1.82) is 5.26 Å². The highest BCUT2D eigenvalue weighted by atomic mass is 35.5. The summed E-state index contributed by atoms with van der Waals surface area (Å²) in [5.74, 6) is 1.05. The van der Waals surface area contributed by atoms with Gasteiger partial charge in [0.2, 0.25) is 0 Å². The zero-order valence-corrected chi connectivity index (χ0v) is 13.4. The van der Waals surface area contributed by atoms with Crippen molar-refractivity contribution >= 4 is 11.6 Å². The molecule has 1 heterocycles. The molecule has 0 amide bonds. The summed E-state index contributed by atoms with van der Waals surface area (Å²) in [5.41, 5.74) is -0.226. The molecule has 6 nitrogen and oxygen atoms in total. The fourth-order valence-corrected chi connectivity index (χ4v) is 2.31. The van der Waals surface area contributed by atoms with Crippen molar-refractivity contribution in [1.82, 2.24) is 9.13 Å². The van der Waals surface area contributed by atoms with Gasteiger partial charge in [0.1, 0.15) is 17.4 Å². The summed E-state index contributed by atoms with van der Waals surface area (Å²) in [4.78, 5) is 24.5. The van der Waals surface area contributed by atoms with E-state index in [1.807, 2.05) is 18.2 Å². The van der Waals surface area contributed by atoms with E-state index in [1.54, 1.807) is 19.2 Å². The zero-order valence-electron chi connectivity index (χ0n) is 12.7. The molecule has 0 N–H and O–H groups in total. The van der Waals surface area contributed by atoms with E-state index < -0.39 is 11.2 Å². The van der Waals surface area contributed by atoms with Gasteiger partial charge in [-0.25, -0.2) is 4.79 Å². The van der Waals surface area contributed by atoms with E-state index in [0.717, 1.165) is 10.1 Å². The van der Waals surface area contributed by atoms with E-state index >= 15 is 0 Å². The summed E-state index contributed by atoms with van der Waals surface area (Å²) in [6.07, 6.45) is 1.78. The lowest BCUT2D eigenvalue weighted by Crippen LogP contribution is -2.41. The molecule has 0 aliphatic carbocycles. The van der Waals surface area contributed by atoms with Gasteiger partial charge in [-0.2, -0.15) is 5.26 Å². The van der Waals surface area contributed by atoms with Crippen molar-refractivity contribution in [2.45, 2.75) is 19.5 Å². The molecule has 0 aliphatic heterocycles. The minimum absolute atomic E-state index is 0.0623. The monoisotopic (exact) mass is 333 g/mol. The predicted molar refractivity (Wildman–Crippen MR) is 87.1 cm³/mol. The summed E-state index contributed by atoms with van der Waals surface area (Å²) in [6, 6.07) is 9.06. The molecule has 1 aromatic carbocycles. The largest absolute Gasteiger partial charge is 0.497 e. The minimum atomic E-state index is -0.575. The number of nitriles is 1. The van der Waals surface area contributed by atoms with Gasteiger partial charge in [-0.15, -0.1) is 11.6 Å². The van der Waals surface area contributed by atoms with Crippen LogP contribution in [0, 0.1) is 11.3 Å². The van der Waals surface area contributed by atoms with E-state index in [2.05, 4.69) is 0 Å². The average Bonchev–Trinajstić information content (AvgIpc) is 2.58. The van der Waals surface area contributed by atoms with Crippen molar-refractivity contribution in [3.05, 3.63) is 62.4 Å². The van der Waals surface area contributed by atoms with Gasteiger partial charge in [0, 0.05) is 18.6 Å². The lowest BCUT2D eigenvalue weighted by atomic mass is 10.2. The Balaban J connectivity index is 2.43. The first kappa shape index (κ1) is 16.8. The molecule has 0 unspecified atom stereocenters. The van der Waals surface area contributed by atoms with Crippen molar-refractivity contribution in [2.75, 3.05) is 13.0 Å². The topological polar surface area (TPSA) is 77.0 Å². The van der Waals surface area contributed by atoms with Crippen molar-refractivity contribution in [3.63, 3.8) is 0 Å². The second kappa shape index (κ2) is 7.65. The maximum absolute atomic E-state index is 12.4. The first-order valence-electron chi connectivity index (χ1n) is 7.04. The number of aromatic nitrogens is 2. The zero-order chi connectivity index (χ0) is 16.8. The number of ether oxygens (including phenoxy) is 1. The predicted octanol–water partition coefficient (Wildman–Crippen LogP) is 1.57. The number of methoxy groups -OCH3 is 1. The number of rotatable bonds is 6. The standard InChI is InChI=1S/C16H16ClN3O3/c1-23-14-5-3-12(4-6-14)10-19-11-13(9-18)15(21)20(16(19)22)8-2-7-17/h3-6,11H,2,7-8,10H2,1H3. The van der Waals surface area contributed by atoms with Gasteiger partial charge in [0.15, 0.2) is 0 Å². The Labute approximate surface area is 138 Å². The van der Waals surface area contributed by atoms with E-state index in [9.17, 15) is 9.59 Å². The molecule has 0 spiro atoms. The quantitative estimate of drug-likeness (QED) is 0.752. The number of hydrogen-bond acceptors (Lipinski definition) is 4. The lowest BCUT2D eigenvalue weighted by Gasteiger charge is -2.11. The third-order valence-electron chi connectivity index (χ3n) is 3.38. The molecular formula is C16H16ClN3O3. The summed E-state index contributed by atoms with van der Waals surface area (Å²) in [6.45, 7) is 0.456. The van der Waals surface area contributed by atoms with Gasteiger partial charge >= 0.3 is 5.69 Å². The van der Waals surface area contributed by atoms with Crippen LogP contribution in [-0.4, -0.2) is 22.1 Å². The molecule has 1 aromatic heterocycles. The van der Waals surface area contributed by atoms with E-state index in [4.69, 9.17) is 21.6 Å². The first-order valence-corrected chi connectivity index (χ1v) is 7.57. The molecule has 0 saturated carbocycles. The van der Waals surface area contributed by atoms with Crippen LogP contribution in [0.2, 0.25) is 0 Å². The van der Waals surface area contributed by atoms with E-state index in [-0.39, 0.29) is 18.7 Å². The Kier molecular flexibility index (Phi) is 5.61. The molecule has 0 saturated heterocycles. The molecule has 0 bridgehead atoms. The highest BCUT2D eigenvalue weighted by Gasteiger charge is 2.11. The number of nitrogens with zero attached hydrogens (tertiary/aromatic N) is 3. The van der Waals surface area contributed by atoms with Gasteiger partial charge in [-0.05, 0) is 24.1 Å². The maximum Gasteiger partial charge on any atom is 0.331 e. The number of halogens is 1. The minimum Gasteiger partial charge on any atom is -0.497 e. The average molecular weight is 334 g/mol. The fourth-order valence-electron chi connectivity index (χ4n) is 2.19. The summed E-state index contributed by atoms with van der Waals surface area (Å²) in [5, 5.41) is 9.10. The van der Waals surface area contributed by atoms with Crippen LogP contribution in [0.3, 0.4) is 0 Å². The van der Waals surface area contributed by atoms with Crippen LogP contribution in [0.1, 0.15) is 17.5 Å². The lowest BCUT2D eigenvalue weighted by molar-refractivity contribution is 0.414. The Morgan fingerprint density at radius 3 is 2.52 bits per heavy atom. The number of alkyl halides is 1. The molecule has 0 atom stereocenters. The number of hydrogen-bond donors (Lipinski definition) is 0. The molecule has 2 aromatic rings. The fraction of sp³-hybridized carbons (Fsp3) is 0.312. The second-order valence-electron chi connectivity index (χ2n) is 4.91. The summed E-state index contributed by atoms with van der Waals surface area (Å²) >= 11 is 5.63. The van der Waals surface area contributed by atoms with E-state index in [1.165, 1.54) is 10.8 Å². The maximum atomic E-state index is 12.4. The third kappa shape index (κ3) is 3.82. The molecule has 23 heavy (non-hydrogen) atoms. The van der Waals surface area contributed by atoms with Crippen LogP contribution >= 0.6 is 11.6 Å². The highest BCUT2D eigenvalue weighted by Crippen LogP contribution is 2.11. The number of benzene rings is 1. The van der Waals surface area contributed by atoms with Gasteiger partial charge in [-0.1, -0.05) is 12.1 Å². The van der Waals surface area contributed by atoms with Gasteiger partial charge in [0.05, 0.1) is 13.7 Å². The summed E-state index contributed by atoms with van der Waals surface area (Å²) < 4.78 is 7.51. The Morgan fingerprint density at radius 1 is 1.26 bits per heavy atom. The van der Waals surface area contributed by atoms with E-state index in [0.29, 0.717) is 18.1 Å². The van der Waals surface area contributed by atoms with Crippen molar-refractivity contribution < 1.29 is 4.74 Å².